The first kappa shape index (κ1) is 16.4. The normalized spacial score (nSPS) is 22.3. The zero-order valence-electron chi connectivity index (χ0n) is 13.0. The summed E-state index contributed by atoms with van der Waals surface area (Å²) >= 11 is 0. The van der Waals surface area contributed by atoms with Gasteiger partial charge in [0.25, 0.3) is 0 Å². The predicted octanol–water partition coefficient (Wildman–Crippen LogP) is 3.72. The third kappa shape index (κ3) is 4.48. The van der Waals surface area contributed by atoms with Crippen molar-refractivity contribution in [2.75, 3.05) is 19.6 Å². The Labute approximate surface area is 126 Å². The third-order valence-electron chi connectivity index (χ3n) is 4.63. The SMILES string of the molecule is CC(C)C1CCCN(CC(N)c2ccc(F)cc2F)CC1. The first-order chi connectivity index (χ1) is 9.97. The van der Waals surface area contributed by atoms with Crippen molar-refractivity contribution in [2.24, 2.45) is 17.6 Å². The Hall–Kier alpha value is -1.00. The smallest absolute Gasteiger partial charge is 0.130 e. The van der Waals surface area contributed by atoms with Gasteiger partial charge < -0.3 is 10.6 Å². The minimum absolute atomic E-state index is 0.402. The molecule has 0 bridgehead atoms. The summed E-state index contributed by atoms with van der Waals surface area (Å²) in [5.41, 5.74) is 6.52. The molecule has 1 aromatic carbocycles. The molecule has 1 aliphatic heterocycles. The van der Waals surface area contributed by atoms with Crippen LogP contribution in [0.1, 0.15) is 44.7 Å². The lowest BCUT2D eigenvalue weighted by molar-refractivity contribution is 0.256. The molecule has 0 radical (unpaired) electrons. The topological polar surface area (TPSA) is 29.3 Å². The molecule has 1 aromatic rings. The molecule has 2 nitrogen and oxygen atoms in total. The second-order valence-electron chi connectivity index (χ2n) is 6.51. The number of nitrogens with zero attached hydrogens (tertiary/aromatic N) is 1. The summed E-state index contributed by atoms with van der Waals surface area (Å²) in [6, 6.07) is 3.24. The highest BCUT2D eigenvalue weighted by molar-refractivity contribution is 5.22. The zero-order chi connectivity index (χ0) is 15.4. The Kier molecular flexibility index (Phi) is 5.71. The second-order valence-corrected chi connectivity index (χ2v) is 6.51. The Morgan fingerprint density at radius 2 is 2.00 bits per heavy atom. The Balaban J connectivity index is 1.94. The third-order valence-corrected chi connectivity index (χ3v) is 4.63. The largest absolute Gasteiger partial charge is 0.323 e. The Morgan fingerprint density at radius 1 is 1.24 bits per heavy atom. The van der Waals surface area contributed by atoms with Crippen molar-refractivity contribution in [1.82, 2.24) is 4.90 Å². The highest BCUT2D eigenvalue weighted by atomic mass is 19.1. The number of hydrogen-bond acceptors (Lipinski definition) is 2. The van der Waals surface area contributed by atoms with Gasteiger partial charge in [0, 0.05) is 24.2 Å². The van der Waals surface area contributed by atoms with Crippen molar-refractivity contribution < 1.29 is 8.78 Å². The van der Waals surface area contributed by atoms with Gasteiger partial charge in [-0.25, -0.2) is 8.78 Å². The van der Waals surface area contributed by atoms with Gasteiger partial charge in [0.1, 0.15) is 11.6 Å². The van der Waals surface area contributed by atoms with Crippen molar-refractivity contribution in [3.63, 3.8) is 0 Å². The fourth-order valence-corrected chi connectivity index (χ4v) is 3.21. The summed E-state index contributed by atoms with van der Waals surface area (Å²) in [6.45, 7) is 7.21. The van der Waals surface area contributed by atoms with Crippen LogP contribution in [-0.4, -0.2) is 24.5 Å². The van der Waals surface area contributed by atoms with Crippen LogP contribution in [0.3, 0.4) is 0 Å². The summed E-state index contributed by atoms with van der Waals surface area (Å²) in [4.78, 5) is 2.32. The van der Waals surface area contributed by atoms with E-state index in [9.17, 15) is 8.78 Å². The van der Waals surface area contributed by atoms with Crippen LogP contribution < -0.4 is 5.73 Å². The molecular formula is C17H26F2N2. The Morgan fingerprint density at radius 3 is 2.67 bits per heavy atom. The molecule has 118 valence electrons. The number of benzene rings is 1. The summed E-state index contributed by atoms with van der Waals surface area (Å²) < 4.78 is 26.7. The molecule has 1 aliphatic rings. The fraction of sp³-hybridized carbons (Fsp3) is 0.647. The maximum absolute atomic E-state index is 13.8. The zero-order valence-corrected chi connectivity index (χ0v) is 13.0. The average Bonchev–Trinajstić information content (AvgIpc) is 2.64. The van der Waals surface area contributed by atoms with Gasteiger partial charge in [0.2, 0.25) is 0 Å². The molecule has 2 rings (SSSR count). The van der Waals surface area contributed by atoms with E-state index in [0.717, 1.165) is 25.1 Å². The molecular weight excluding hydrogens is 270 g/mol. The maximum Gasteiger partial charge on any atom is 0.130 e. The number of likely N-dealkylation sites (tertiary alicyclic amines) is 1. The van der Waals surface area contributed by atoms with Crippen LogP contribution >= 0.6 is 0 Å². The average molecular weight is 296 g/mol. The molecule has 0 aromatic heterocycles. The van der Waals surface area contributed by atoms with E-state index in [1.807, 2.05) is 0 Å². The first-order valence-corrected chi connectivity index (χ1v) is 7.90. The van der Waals surface area contributed by atoms with Gasteiger partial charge >= 0.3 is 0 Å². The lowest BCUT2D eigenvalue weighted by Crippen LogP contribution is -2.33. The molecule has 1 saturated heterocycles. The van der Waals surface area contributed by atoms with Crippen LogP contribution in [0.25, 0.3) is 0 Å². The van der Waals surface area contributed by atoms with E-state index in [1.165, 1.54) is 31.4 Å². The van der Waals surface area contributed by atoms with Gasteiger partial charge in [0.05, 0.1) is 0 Å². The van der Waals surface area contributed by atoms with Crippen LogP contribution in [-0.2, 0) is 0 Å². The minimum Gasteiger partial charge on any atom is -0.323 e. The molecule has 0 spiro atoms. The molecule has 0 amide bonds. The standard InChI is InChI=1S/C17H26F2N2/c1-12(2)13-4-3-8-21(9-7-13)11-17(20)15-6-5-14(18)10-16(15)19/h5-6,10,12-13,17H,3-4,7-9,11,20H2,1-2H3. The quantitative estimate of drug-likeness (QED) is 0.917. The van der Waals surface area contributed by atoms with Gasteiger partial charge in [-0.2, -0.15) is 0 Å². The molecule has 1 heterocycles. The van der Waals surface area contributed by atoms with Crippen LogP contribution in [0.2, 0.25) is 0 Å². The van der Waals surface area contributed by atoms with Crippen molar-refractivity contribution in [2.45, 2.75) is 39.2 Å². The van der Waals surface area contributed by atoms with Crippen LogP contribution in [0.5, 0.6) is 0 Å². The van der Waals surface area contributed by atoms with Crippen molar-refractivity contribution in [3.8, 4) is 0 Å². The van der Waals surface area contributed by atoms with Crippen LogP contribution in [0.15, 0.2) is 18.2 Å². The van der Waals surface area contributed by atoms with Gasteiger partial charge in [-0.3, -0.25) is 0 Å². The van der Waals surface area contributed by atoms with E-state index < -0.39 is 17.7 Å². The highest BCUT2D eigenvalue weighted by Gasteiger charge is 2.22. The van der Waals surface area contributed by atoms with E-state index in [4.69, 9.17) is 5.73 Å². The van der Waals surface area contributed by atoms with E-state index in [0.29, 0.717) is 18.0 Å². The highest BCUT2D eigenvalue weighted by Crippen LogP contribution is 2.25. The molecule has 21 heavy (non-hydrogen) atoms. The van der Waals surface area contributed by atoms with Crippen molar-refractivity contribution >= 4 is 0 Å². The molecule has 0 aliphatic carbocycles. The van der Waals surface area contributed by atoms with E-state index in [-0.39, 0.29) is 0 Å². The minimum atomic E-state index is -0.557. The van der Waals surface area contributed by atoms with E-state index in [1.54, 1.807) is 0 Å². The van der Waals surface area contributed by atoms with Crippen LogP contribution in [0.4, 0.5) is 8.78 Å². The van der Waals surface area contributed by atoms with Crippen molar-refractivity contribution in [1.29, 1.82) is 0 Å². The van der Waals surface area contributed by atoms with Gasteiger partial charge in [-0.05, 0) is 50.3 Å². The number of nitrogens with two attached hydrogens (primary N) is 1. The van der Waals surface area contributed by atoms with E-state index >= 15 is 0 Å². The van der Waals surface area contributed by atoms with Gasteiger partial charge in [-0.15, -0.1) is 0 Å². The molecule has 0 saturated carbocycles. The number of rotatable bonds is 4. The monoisotopic (exact) mass is 296 g/mol. The summed E-state index contributed by atoms with van der Waals surface area (Å²) in [5.74, 6) is 0.386. The van der Waals surface area contributed by atoms with Gasteiger partial charge in [-0.1, -0.05) is 19.9 Å². The molecule has 2 atom stereocenters. The van der Waals surface area contributed by atoms with Crippen molar-refractivity contribution in [3.05, 3.63) is 35.4 Å². The lowest BCUT2D eigenvalue weighted by atomic mass is 9.89. The number of halogens is 2. The molecule has 2 unspecified atom stereocenters. The molecule has 1 fully saturated rings. The van der Waals surface area contributed by atoms with E-state index in [2.05, 4.69) is 18.7 Å². The lowest BCUT2D eigenvalue weighted by Gasteiger charge is -2.25. The first-order valence-electron chi connectivity index (χ1n) is 7.90. The van der Waals surface area contributed by atoms with Crippen LogP contribution in [0, 0.1) is 23.5 Å². The fourth-order valence-electron chi connectivity index (χ4n) is 3.21. The summed E-state index contributed by atoms with van der Waals surface area (Å²) in [6.07, 6.45) is 3.60. The van der Waals surface area contributed by atoms with Gasteiger partial charge in [0.15, 0.2) is 0 Å². The summed E-state index contributed by atoms with van der Waals surface area (Å²) in [7, 11) is 0. The molecule has 2 N–H and O–H groups in total. The molecule has 4 heteroatoms. The summed E-state index contributed by atoms with van der Waals surface area (Å²) in [5, 5.41) is 0. The second kappa shape index (κ2) is 7.32. The predicted molar refractivity (Wildman–Crippen MR) is 81.9 cm³/mol. The maximum atomic E-state index is 13.8. The number of hydrogen-bond donors (Lipinski definition) is 1. The Bertz CT molecular complexity index is 462.